The number of rotatable bonds is 2. The Labute approximate surface area is 98.1 Å². The zero-order chi connectivity index (χ0) is 11.7. The Bertz CT molecular complexity index is 638. The van der Waals surface area contributed by atoms with Gasteiger partial charge in [-0.2, -0.15) is 0 Å². The van der Waals surface area contributed by atoms with E-state index in [0.717, 1.165) is 11.0 Å². The molecule has 2 aromatic carbocycles. The first-order chi connectivity index (χ1) is 8.34. The van der Waals surface area contributed by atoms with Crippen molar-refractivity contribution >= 4 is 16.8 Å². The van der Waals surface area contributed by atoms with E-state index in [0.29, 0.717) is 11.4 Å². The van der Waals surface area contributed by atoms with Crippen molar-refractivity contribution < 1.29 is 4.79 Å². The van der Waals surface area contributed by atoms with Crippen LogP contribution in [0.25, 0.3) is 11.0 Å². The molecule has 1 N–H and O–H groups in total. The number of benzene rings is 2. The monoisotopic (exact) mass is 222 g/mol. The Balaban J connectivity index is 2.07. The zero-order valence-electron chi connectivity index (χ0n) is 9.05. The van der Waals surface area contributed by atoms with Gasteiger partial charge in [0.25, 0.3) is 0 Å². The molecule has 3 aromatic rings. The van der Waals surface area contributed by atoms with Crippen molar-refractivity contribution in [2.45, 2.75) is 0 Å². The van der Waals surface area contributed by atoms with Gasteiger partial charge in [0.15, 0.2) is 5.82 Å². The molecule has 82 valence electrons. The second-order valence-electron chi connectivity index (χ2n) is 3.80. The van der Waals surface area contributed by atoms with Crippen molar-refractivity contribution in [1.82, 2.24) is 9.97 Å². The molecule has 0 fully saturated rings. The molecule has 1 aromatic heterocycles. The van der Waals surface area contributed by atoms with Crippen LogP contribution in [-0.4, -0.2) is 15.8 Å². The quantitative estimate of drug-likeness (QED) is 0.677. The number of ketones is 1. The van der Waals surface area contributed by atoms with Crippen molar-refractivity contribution in [3.63, 3.8) is 0 Å². The molecule has 0 saturated heterocycles. The summed E-state index contributed by atoms with van der Waals surface area (Å²) in [5.74, 6) is 0.305. The highest BCUT2D eigenvalue weighted by atomic mass is 16.1. The number of carbonyl (C=O) groups is 1. The van der Waals surface area contributed by atoms with Gasteiger partial charge in [0.1, 0.15) is 0 Å². The van der Waals surface area contributed by atoms with Gasteiger partial charge in [0.2, 0.25) is 5.78 Å². The van der Waals surface area contributed by atoms with Gasteiger partial charge in [-0.1, -0.05) is 42.5 Å². The van der Waals surface area contributed by atoms with Crippen LogP contribution in [0.4, 0.5) is 0 Å². The summed E-state index contributed by atoms with van der Waals surface area (Å²) in [4.78, 5) is 19.4. The second kappa shape index (κ2) is 3.87. The van der Waals surface area contributed by atoms with Crippen LogP contribution in [-0.2, 0) is 0 Å². The number of hydrogen-bond donors (Lipinski definition) is 1. The third kappa shape index (κ3) is 1.72. The second-order valence-corrected chi connectivity index (χ2v) is 3.80. The molecule has 0 aliphatic heterocycles. The minimum Gasteiger partial charge on any atom is -0.335 e. The largest absolute Gasteiger partial charge is 0.335 e. The van der Waals surface area contributed by atoms with Gasteiger partial charge in [0, 0.05) is 5.56 Å². The molecule has 0 amide bonds. The molecule has 0 saturated carbocycles. The fraction of sp³-hybridized carbons (Fsp3) is 0. The first kappa shape index (κ1) is 9.78. The highest BCUT2D eigenvalue weighted by Gasteiger charge is 2.12. The molecular weight excluding hydrogens is 212 g/mol. The number of aromatic amines is 1. The number of hydrogen-bond acceptors (Lipinski definition) is 2. The summed E-state index contributed by atoms with van der Waals surface area (Å²) < 4.78 is 0. The molecule has 0 aliphatic rings. The minimum absolute atomic E-state index is 0.0817. The fourth-order valence-corrected chi connectivity index (χ4v) is 1.79. The van der Waals surface area contributed by atoms with Crippen molar-refractivity contribution in [2.24, 2.45) is 0 Å². The molecule has 3 rings (SSSR count). The van der Waals surface area contributed by atoms with E-state index >= 15 is 0 Å². The smallest absolute Gasteiger partial charge is 0.228 e. The average molecular weight is 222 g/mol. The van der Waals surface area contributed by atoms with Crippen LogP contribution < -0.4 is 0 Å². The normalized spacial score (nSPS) is 10.6. The van der Waals surface area contributed by atoms with Gasteiger partial charge in [-0.15, -0.1) is 0 Å². The number of carbonyl (C=O) groups excluding carboxylic acids is 1. The Morgan fingerprint density at radius 2 is 1.65 bits per heavy atom. The molecule has 3 nitrogen and oxygen atoms in total. The van der Waals surface area contributed by atoms with E-state index < -0.39 is 0 Å². The van der Waals surface area contributed by atoms with E-state index in [4.69, 9.17) is 0 Å². The summed E-state index contributed by atoms with van der Waals surface area (Å²) in [5.41, 5.74) is 2.34. The maximum absolute atomic E-state index is 12.1. The molecule has 0 radical (unpaired) electrons. The Hall–Kier alpha value is -2.42. The Morgan fingerprint density at radius 1 is 0.941 bits per heavy atom. The summed E-state index contributed by atoms with van der Waals surface area (Å²) >= 11 is 0. The maximum Gasteiger partial charge on any atom is 0.228 e. The van der Waals surface area contributed by atoms with Crippen LogP contribution in [0.15, 0.2) is 54.6 Å². The lowest BCUT2D eigenvalue weighted by molar-refractivity contribution is 0.103. The van der Waals surface area contributed by atoms with Crippen LogP contribution in [0.5, 0.6) is 0 Å². The lowest BCUT2D eigenvalue weighted by Crippen LogP contribution is -2.02. The van der Waals surface area contributed by atoms with E-state index in [1.54, 1.807) is 12.1 Å². The summed E-state index contributed by atoms with van der Waals surface area (Å²) in [7, 11) is 0. The topological polar surface area (TPSA) is 45.8 Å². The summed E-state index contributed by atoms with van der Waals surface area (Å²) in [5, 5.41) is 0. The highest BCUT2D eigenvalue weighted by molar-refractivity contribution is 6.07. The van der Waals surface area contributed by atoms with E-state index in [2.05, 4.69) is 9.97 Å². The fourth-order valence-electron chi connectivity index (χ4n) is 1.79. The number of nitrogens with zero attached hydrogens (tertiary/aromatic N) is 1. The van der Waals surface area contributed by atoms with Gasteiger partial charge in [0.05, 0.1) is 11.0 Å². The molecular formula is C14H10N2O. The van der Waals surface area contributed by atoms with Crippen LogP contribution in [0.3, 0.4) is 0 Å². The minimum atomic E-state index is -0.0817. The number of imidazole rings is 1. The predicted octanol–water partition coefficient (Wildman–Crippen LogP) is 2.79. The van der Waals surface area contributed by atoms with Crippen LogP contribution in [0, 0.1) is 0 Å². The molecule has 0 aliphatic carbocycles. The first-order valence-electron chi connectivity index (χ1n) is 5.39. The molecule has 17 heavy (non-hydrogen) atoms. The average Bonchev–Trinajstić information content (AvgIpc) is 2.82. The number of fused-ring (bicyclic) bond motifs is 1. The first-order valence-corrected chi connectivity index (χ1v) is 5.39. The van der Waals surface area contributed by atoms with Gasteiger partial charge >= 0.3 is 0 Å². The summed E-state index contributed by atoms with van der Waals surface area (Å²) in [6, 6.07) is 16.8. The van der Waals surface area contributed by atoms with Gasteiger partial charge < -0.3 is 4.98 Å². The molecule has 1 heterocycles. The lowest BCUT2D eigenvalue weighted by atomic mass is 10.1. The standard InChI is InChI=1S/C14H10N2O/c17-13(10-6-2-1-3-7-10)14-15-11-8-4-5-9-12(11)16-14/h1-9H,(H,15,16). The third-order valence-corrected chi connectivity index (χ3v) is 2.64. The predicted molar refractivity (Wildman–Crippen MR) is 66.0 cm³/mol. The zero-order valence-corrected chi connectivity index (χ0v) is 9.05. The van der Waals surface area contributed by atoms with Crippen molar-refractivity contribution in [1.29, 1.82) is 0 Å². The number of para-hydroxylation sites is 2. The third-order valence-electron chi connectivity index (χ3n) is 2.64. The van der Waals surface area contributed by atoms with Crippen LogP contribution in [0.1, 0.15) is 16.2 Å². The number of H-pyrrole nitrogens is 1. The highest BCUT2D eigenvalue weighted by Crippen LogP contribution is 2.13. The van der Waals surface area contributed by atoms with Gasteiger partial charge in [-0.25, -0.2) is 4.98 Å². The lowest BCUT2D eigenvalue weighted by Gasteiger charge is -1.95. The van der Waals surface area contributed by atoms with E-state index in [1.807, 2.05) is 42.5 Å². The summed E-state index contributed by atoms with van der Waals surface area (Å²) in [6.45, 7) is 0. The van der Waals surface area contributed by atoms with Crippen molar-refractivity contribution in [3.05, 3.63) is 66.0 Å². The molecule has 0 atom stereocenters. The summed E-state index contributed by atoms with van der Waals surface area (Å²) in [6.07, 6.45) is 0. The van der Waals surface area contributed by atoms with E-state index in [-0.39, 0.29) is 5.78 Å². The van der Waals surface area contributed by atoms with Crippen molar-refractivity contribution in [2.75, 3.05) is 0 Å². The molecule has 0 unspecified atom stereocenters. The Kier molecular flexibility index (Phi) is 2.22. The van der Waals surface area contributed by atoms with E-state index in [9.17, 15) is 4.79 Å². The SMILES string of the molecule is O=C(c1ccccc1)c1nc2ccccc2[nH]1. The Morgan fingerprint density at radius 3 is 2.41 bits per heavy atom. The van der Waals surface area contributed by atoms with Gasteiger partial charge in [-0.3, -0.25) is 4.79 Å². The van der Waals surface area contributed by atoms with Gasteiger partial charge in [-0.05, 0) is 12.1 Å². The molecule has 3 heteroatoms. The van der Waals surface area contributed by atoms with E-state index in [1.165, 1.54) is 0 Å². The van der Waals surface area contributed by atoms with Crippen LogP contribution >= 0.6 is 0 Å². The van der Waals surface area contributed by atoms with Crippen molar-refractivity contribution in [3.8, 4) is 0 Å². The number of aromatic nitrogens is 2. The maximum atomic E-state index is 12.1. The molecule has 0 bridgehead atoms. The van der Waals surface area contributed by atoms with Crippen LogP contribution in [0.2, 0.25) is 0 Å². The number of nitrogens with one attached hydrogen (secondary N) is 1. The molecule has 0 spiro atoms.